The molecule has 1 aromatic heterocycles. The molecule has 2 N–H and O–H groups in total. The first kappa shape index (κ1) is 23.6. The summed E-state index contributed by atoms with van der Waals surface area (Å²) in [6.45, 7) is 5.29. The molecule has 0 aliphatic carbocycles. The number of phenols is 1. The molecule has 186 valence electrons. The molecule has 2 aromatic carbocycles. The molecule has 2 aliphatic rings. The number of aromatic nitrogens is 3. The van der Waals surface area contributed by atoms with Crippen LogP contribution in [-0.4, -0.2) is 78.9 Å². The lowest BCUT2D eigenvalue weighted by atomic mass is 10.2. The maximum Gasteiger partial charge on any atom is 0.250 e. The lowest BCUT2D eigenvalue weighted by Gasteiger charge is -2.30. The minimum Gasteiger partial charge on any atom is -0.507 e. The molecule has 12 nitrogen and oxygen atoms in total. The quantitative estimate of drug-likeness (QED) is 0.292. The summed E-state index contributed by atoms with van der Waals surface area (Å²) in [4.78, 5) is 17.9. The Hall–Kier alpha value is -4.16. The second-order valence-corrected chi connectivity index (χ2v) is 8.11. The van der Waals surface area contributed by atoms with Gasteiger partial charge in [0.25, 0.3) is 0 Å². The van der Waals surface area contributed by atoms with Crippen LogP contribution in [0, 0.1) is 0 Å². The number of phenolic OH excluding ortho intramolecular Hbond substituents is 1. The van der Waals surface area contributed by atoms with Crippen molar-refractivity contribution in [3.05, 3.63) is 54.1 Å². The van der Waals surface area contributed by atoms with E-state index in [0.29, 0.717) is 81.7 Å². The van der Waals surface area contributed by atoms with Crippen LogP contribution in [0.3, 0.4) is 0 Å². The topological polar surface area (TPSA) is 133 Å². The number of hydrogen-bond donors (Lipinski definition) is 2. The number of anilines is 3. The first-order valence-corrected chi connectivity index (χ1v) is 11.7. The van der Waals surface area contributed by atoms with Crippen LogP contribution in [-0.2, 0) is 9.47 Å². The van der Waals surface area contributed by atoms with Crippen molar-refractivity contribution in [3.8, 4) is 5.75 Å². The zero-order valence-electron chi connectivity index (χ0n) is 19.7. The van der Waals surface area contributed by atoms with Crippen LogP contribution in [0.25, 0.3) is 0 Å². The van der Waals surface area contributed by atoms with Gasteiger partial charge in [-0.25, -0.2) is 5.43 Å². The van der Waals surface area contributed by atoms with E-state index in [0.717, 1.165) is 5.69 Å². The maximum absolute atomic E-state index is 10.3. The molecule has 3 aromatic rings. The lowest BCUT2D eigenvalue weighted by Crippen LogP contribution is -2.40. The number of hydrazone groups is 1. The monoisotopic (exact) mass is 489 g/mol. The molecule has 0 bridgehead atoms. The summed E-state index contributed by atoms with van der Waals surface area (Å²) < 4.78 is 10.9. The van der Waals surface area contributed by atoms with Crippen LogP contribution >= 0.6 is 0 Å². The number of nitrogens with one attached hydrogen (secondary N) is 1. The van der Waals surface area contributed by atoms with E-state index >= 15 is 0 Å². The Morgan fingerprint density at radius 2 is 1.39 bits per heavy atom. The van der Waals surface area contributed by atoms with Gasteiger partial charge in [0.2, 0.25) is 17.8 Å². The summed E-state index contributed by atoms with van der Waals surface area (Å²) in [6.07, 6.45) is 1.49. The van der Waals surface area contributed by atoms with E-state index in [2.05, 4.69) is 45.5 Å². The summed E-state index contributed by atoms with van der Waals surface area (Å²) >= 11 is 0. The molecular formula is C24H27N9O3. The highest BCUT2D eigenvalue weighted by Gasteiger charge is 2.20. The minimum absolute atomic E-state index is 0.0675. The van der Waals surface area contributed by atoms with Crippen molar-refractivity contribution in [1.82, 2.24) is 15.0 Å². The number of nitrogens with zero attached hydrogens (tertiary/aromatic N) is 8. The fourth-order valence-corrected chi connectivity index (χ4v) is 3.69. The number of benzene rings is 2. The third-order valence-corrected chi connectivity index (χ3v) is 5.62. The smallest absolute Gasteiger partial charge is 0.250 e. The molecule has 2 saturated heterocycles. The Morgan fingerprint density at radius 3 is 2.03 bits per heavy atom. The van der Waals surface area contributed by atoms with Gasteiger partial charge in [-0.3, -0.25) is 0 Å². The average Bonchev–Trinajstić information content (AvgIpc) is 2.95. The van der Waals surface area contributed by atoms with Crippen molar-refractivity contribution < 1.29 is 14.6 Å². The highest BCUT2D eigenvalue weighted by molar-refractivity contribution is 5.85. The van der Waals surface area contributed by atoms with E-state index in [-0.39, 0.29) is 5.75 Å². The van der Waals surface area contributed by atoms with Gasteiger partial charge in [-0.15, -0.1) is 0 Å². The Kier molecular flexibility index (Phi) is 7.54. The third kappa shape index (κ3) is 6.09. The van der Waals surface area contributed by atoms with Crippen molar-refractivity contribution >= 4 is 35.4 Å². The van der Waals surface area contributed by atoms with Gasteiger partial charge in [-0.05, 0) is 30.3 Å². The maximum atomic E-state index is 10.3. The Labute approximate surface area is 208 Å². The fourth-order valence-electron chi connectivity index (χ4n) is 3.69. The molecule has 5 rings (SSSR count). The summed E-state index contributed by atoms with van der Waals surface area (Å²) in [5, 5.41) is 23.0. The molecule has 12 heteroatoms. The largest absolute Gasteiger partial charge is 0.507 e. The lowest BCUT2D eigenvalue weighted by molar-refractivity contribution is 0.121. The van der Waals surface area contributed by atoms with E-state index in [1.807, 2.05) is 30.3 Å². The van der Waals surface area contributed by atoms with Gasteiger partial charge in [0.1, 0.15) is 5.75 Å². The Bertz CT molecular complexity index is 1170. The zero-order chi connectivity index (χ0) is 24.6. The summed E-state index contributed by atoms with van der Waals surface area (Å²) in [7, 11) is 0. The van der Waals surface area contributed by atoms with Gasteiger partial charge in [0, 0.05) is 31.7 Å². The molecule has 3 heterocycles. The van der Waals surface area contributed by atoms with Crippen LogP contribution in [0.2, 0.25) is 0 Å². The highest BCUT2D eigenvalue weighted by Crippen LogP contribution is 2.24. The van der Waals surface area contributed by atoms with Gasteiger partial charge in [0.15, 0.2) is 0 Å². The van der Waals surface area contributed by atoms with Gasteiger partial charge in [0.05, 0.1) is 44.0 Å². The first-order chi connectivity index (χ1) is 17.7. The first-order valence-electron chi connectivity index (χ1n) is 11.7. The molecule has 0 unspecified atom stereocenters. The fraction of sp³-hybridized carbons (Fsp3) is 0.333. The number of hydrogen-bond acceptors (Lipinski definition) is 12. The molecule has 0 radical (unpaired) electrons. The van der Waals surface area contributed by atoms with Crippen LogP contribution in [0.4, 0.5) is 29.2 Å². The van der Waals surface area contributed by atoms with E-state index in [9.17, 15) is 5.11 Å². The predicted octanol–water partition coefficient (Wildman–Crippen LogP) is 3.11. The normalized spacial score (nSPS) is 16.7. The predicted molar refractivity (Wildman–Crippen MR) is 136 cm³/mol. The van der Waals surface area contributed by atoms with E-state index < -0.39 is 0 Å². The number of azo groups is 1. The second-order valence-electron chi connectivity index (χ2n) is 8.11. The van der Waals surface area contributed by atoms with Crippen LogP contribution in [0.15, 0.2) is 63.9 Å². The van der Waals surface area contributed by atoms with Crippen LogP contribution < -0.4 is 15.2 Å². The Balaban J connectivity index is 1.34. The molecule has 0 saturated carbocycles. The SMILES string of the molecule is Oc1ccc(N=Nc2ccccc2)cc1/C=N\Nc1nc(N2CCOCC2)nc(N2CCOCC2)n1. The molecular weight excluding hydrogens is 462 g/mol. The molecule has 2 aliphatic heterocycles. The van der Waals surface area contributed by atoms with Crippen molar-refractivity contribution in [2.45, 2.75) is 0 Å². The second kappa shape index (κ2) is 11.5. The summed E-state index contributed by atoms with van der Waals surface area (Å²) in [5.41, 5.74) is 4.68. The number of morpholine rings is 2. The number of ether oxygens (including phenoxy) is 2. The Morgan fingerprint density at radius 1 is 0.778 bits per heavy atom. The van der Waals surface area contributed by atoms with Gasteiger partial charge < -0.3 is 24.4 Å². The molecule has 0 spiro atoms. The third-order valence-electron chi connectivity index (χ3n) is 5.62. The van der Waals surface area contributed by atoms with Crippen molar-refractivity contribution in [2.75, 3.05) is 67.8 Å². The zero-order valence-corrected chi connectivity index (χ0v) is 19.7. The van der Waals surface area contributed by atoms with E-state index in [1.54, 1.807) is 18.2 Å². The molecule has 2 fully saturated rings. The van der Waals surface area contributed by atoms with Gasteiger partial charge in [-0.1, -0.05) is 18.2 Å². The van der Waals surface area contributed by atoms with Crippen LogP contribution in [0.5, 0.6) is 5.75 Å². The van der Waals surface area contributed by atoms with Crippen LogP contribution in [0.1, 0.15) is 5.56 Å². The summed E-state index contributed by atoms with van der Waals surface area (Å²) in [6, 6.07) is 14.4. The van der Waals surface area contributed by atoms with E-state index in [1.165, 1.54) is 6.21 Å². The van der Waals surface area contributed by atoms with Gasteiger partial charge >= 0.3 is 0 Å². The van der Waals surface area contributed by atoms with Crippen molar-refractivity contribution in [1.29, 1.82) is 0 Å². The van der Waals surface area contributed by atoms with Crippen molar-refractivity contribution in [3.63, 3.8) is 0 Å². The molecule has 0 atom stereocenters. The number of aromatic hydroxyl groups is 1. The molecule has 36 heavy (non-hydrogen) atoms. The summed E-state index contributed by atoms with van der Waals surface area (Å²) in [5.74, 6) is 1.51. The average molecular weight is 490 g/mol. The van der Waals surface area contributed by atoms with Crippen molar-refractivity contribution in [2.24, 2.45) is 15.3 Å². The molecule has 0 amide bonds. The number of rotatable bonds is 7. The standard InChI is InChI=1S/C24H27N9O3/c34-21-7-6-20(30-29-19-4-2-1-3-5-19)16-18(21)17-25-31-22-26-23(32-8-12-35-13-9-32)28-24(27-22)33-10-14-36-15-11-33/h1-7,16-17,34H,8-15H2,(H,26,27,28,31)/b25-17-,30-29?. The highest BCUT2D eigenvalue weighted by atomic mass is 16.5. The van der Waals surface area contributed by atoms with Gasteiger partial charge in [-0.2, -0.15) is 30.3 Å². The van der Waals surface area contributed by atoms with E-state index in [4.69, 9.17) is 9.47 Å². The minimum atomic E-state index is 0.0675.